The summed E-state index contributed by atoms with van der Waals surface area (Å²) in [6.07, 6.45) is 3.09. The van der Waals surface area contributed by atoms with Crippen LogP contribution in [0.5, 0.6) is 0 Å². The van der Waals surface area contributed by atoms with Gasteiger partial charge in [0.2, 0.25) is 16.0 Å². The summed E-state index contributed by atoms with van der Waals surface area (Å²) < 4.78 is 26.6. The molecular weight excluding hydrogens is 264 g/mol. The Bertz CT molecular complexity index is 518. The molecule has 7 heteroatoms. The van der Waals surface area contributed by atoms with Gasteiger partial charge in [-0.25, -0.2) is 18.4 Å². The van der Waals surface area contributed by atoms with Crippen molar-refractivity contribution in [3.63, 3.8) is 0 Å². The number of sulfonamides is 1. The quantitative estimate of drug-likeness (QED) is 0.861. The van der Waals surface area contributed by atoms with Crippen molar-refractivity contribution >= 4 is 16.0 Å². The molecule has 2 N–H and O–H groups in total. The van der Waals surface area contributed by atoms with Crippen molar-refractivity contribution < 1.29 is 8.42 Å². The average molecular weight is 284 g/mol. The Labute approximate surface area is 114 Å². The molecule has 2 heterocycles. The van der Waals surface area contributed by atoms with Crippen LogP contribution in [-0.2, 0) is 10.0 Å². The Hall–Kier alpha value is -1.21. The first-order valence-corrected chi connectivity index (χ1v) is 8.16. The Morgan fingerprint density at radius 1 is 1.32 bits per heavy atom. The molecule has 0 spiro atoms. The van der Waals surface area contributed by atoms with Crippen molar-refractivity contribution in [2.24, 2.45) is 0 Å². The molecule has 1 aromatic heterocycles. The van der Waals surface area contributed by atoms with Crippen molar-refractivity contribution in [1.82, 2.24) is 15.3 Å². The van der Waals surface area contributed by atoms with Gasteiger partial charge in [0.15, 0.2) is 0 Å². The maximum Gasteiger partial charge on any atom is 0.236 e. The molecule has 0 saturated carbocycles. The largest absolute Gasteiger partial charge is 0.313 e. The number of nitrogens with zero attached hydrogens (tertiary/aromatic N) is 2. The molecule has 6 nitrogen and oxygen atoms in total. The minimum absolute atomic E-state index is 0.0251. The molecule has 19 heavy (non-hydrogen) atoms. The molecule has 106 valence electrons. The number of anilines is 1. The molecule has 1 aromatic rings. The zero-order chi connectivity index (χ0) is 13.9. The lowest BCUT2D eigenvalue weighted by atomic mass is 10.1. The molecule has 0 bridgehead atoms. The van der Waals surface area contributed by atoms with Crippen molar-refractivity contribution in [2.75, 3.05) is 17.0 Å². The summed E-state index contributed by atoms with van der Waals surface area (Å²) in [6, 6.07) is 1.83. The first-order valence-electron chi connectivity index (χ1n) is 6.51. The van der Waals surface area contributed by atoms with Gasteiger partial charge in [0.1, 0.15) is 0 Å². The van der Waals surface area contributed by atoms with Gasteiger partial charge < -0.3 is 5.32 Å². The van der Waals surface area contributed by atoms with Gasteiger partial charge in [-0.1, -0.05) is 6.42 Å². The van der Waals surface area contributed by atoms with Gasteiger partial charge in [-0.2, -0.15) is 0 Å². The van der Waals surface area contributed by atoms with Gasteiger partial charge >= 0.3 is 0 Å². The average Bonchev–Trinajstić information content (AvgIpc) is 2.27. The number of hydrogen-bond donors (Lipinski definition) is 2. The lowest BCUT2D eigenvalue weighted by molar-refractivity contribution is 0.424. The molecule has 0 aromatic carbocycles. The molecule has 1 fully saturated rings. The third-order valence-corrected chi connectivity index (χ3v) is 4.40. The Balaban J connectivity index is 2.03. The van der Waals surface area contributed by atoms with Crippen LogP contribution in [0.15, 0.2) is 6.07 Å². The van der Waals surface area contributed by atoms with Crippen molar-refractivity contribution in [3.8, 4) is 0 Å². The molecule has 1 aliphatic rings. The summed E-state index contributed by atoms with van der Waals surface area (Å²) in [5, 5.41) is 3.22. The molecule has 0 amide bonds. The second kappa shape index (κ2) is 5.83. The first-order chi connectivity index (χ1) is 8.94. The number of aromatic nitrogens is 2. The van der Waals surface area contributed by atoms with E-state index in [2.05, 4.69) is 20.0 Å². The van der Waals surface area contributed by atoms with E-state index in [1.165, 1.54) is 0 Å². The van der Waals surface area contributed by atoms with Gasteiger partial charge in [-0.15, -0.1) is 0 Å². The van der Waals surface area contributed by atoms with Crippen LogP contribution in [0, 0.1) is 13.8 Å². The lowest BCUT2D eigenvalue weighted by Crippen LogP contribution is -2.40. The highest BCUT2D eigenvalue weighted by Crippen LogP contribution is 2.11. The van der Waals surface area contributed by atoms with Crippen molar-refractivity contribution in [3.05, 3.63) is 17.5 Å². The van der Waals surface area contributed by atoms with Gasteiger partial charge in [0, 0.05) is 17.4 Å². The fraction of sp³-hybridized carbons (Fsp3) is 0.667. The van der Waals surface area contributed by atoms with E-state index in [9.17, 15) is 8.42 Å². The van der Waals surface area contributed by atoms with Crippen molar-refractivity contribution in [2.45, 2.75) is 39.2 Å². The fourth-order valence-electron chi connectivity index (χ4n) is 2.28. The molecule has 0 aliphatic carbocycles. The second-order valence-corrected chi connectivity index (χ2v) is 6.77. The molecule has 2 rings (SSSR count). The van der Waals surface area contributed by atoms with E-state index in [0.29, 0.717) is 0 Å². The third-order valence-electron chi connectivity index (χ3n) is 3.06. The van der Waals surface area contributed by atoms with Crippen LogP contribution in [0.2, 0.25) is 0 Å². The van der Waals surface area contributed by atoms with Crippen LogP contribution >= 0.6 is 0 Å². The van der Waals surface area contributed by atoms with Gasteiger partial charge in [-0.05, 0) is 39.3 Å². The third kappa shape index (κ3) is 4.43. The summed E-state index contributed by atoms with van der Waals surface area (Å²) in [7, 11) is -3.41. The molecule has 1 unspecified atom stereocenters. The highest BCUT2D eigenvalue weighted by molar-refractivity contribution is 7.92. The SMILES string of the molecule is Cc1cc(C)nc(NS(=O)(=O)CC2CCCCN2)n1. The molecule has 0 radical (unpaired) electrons. The van der Waals surface area contributed by atoms with Crippen molar-refractivity contribution in [1.29, 1.82) is 0 Å². The minimum Gasteiger partial charge on any atom is -0.313 e. The van der Waals surface area contributed by atoms with E-state index < -0.39 is 10.0 Å². The molecule has 1 saturated heterocycles. The number of nitrogens with one attached hydrogen (secondary N) is 2. The summed E-state index contributed by atoms with van der Waals surface area (Å²) in [6.45, 7) is 4.52. The van der Waals surface area contributed by atoms with Gasteiger partial charge in [-0.3, -0.25) is 4.72 Å². The van der Waals surface area contributed by atoms with E-state index >= 15 is 0 Å². The predicted octanol–water partition coefficient (Wildman–Crippen LogP) is 0.977. The Morgan fingerprint density at radius 2 is 2.00 bits per heavy atom. The number of hydrogen-bond acceptors (Lipinski definition) is 5. The maximum absolute atomic E-state index is 12.1. The standard InChI is InChI=1S/C12H20N4O2S/c1-9-7-10(2)15-12(14-9)16-19(17,18)8-11-5-3-4-6-13-11/h7,11,13H,3-6,8H2,1-2H3,(H,14,15,16). The number of aryl methyl sites for hydroxylation is 2. The van der Waals surface area contributed by atoms with Crippen LogP contribution in [0.3, 0.4) is 0 Å². The maximum atomic E-state index is 12.1. The zero-order valence-corrected chi connectivity index (χ0v) is 12.1. The predicted molar refractivity (Wildman–Crippen MR) is 74.6 cm³/mol. The van der Waals surface area contributed by atoms with E-state index in [0.717, 1.165) is 37.2 Å². The highest BCUT2D eigenvalue weighted by Gasteiger charge is 2.21. The minimum atomic E-state index is -3.41. The normalized spacial score (nSPS) is 20.2. The Kier molecular flexibility index (Phi) is 4.36. The number of piperidine rings is 1. The van der Waals surface area contributed by atoms with E-state index in [4.69, 9.17) is 0 Å². The highest BCUT2D eigenvalue weighted by atomic mass is 32.2. The summed E-state index contributed by atoms with van der Waals surface area (Å²) in [4.78, 5) is 8.18. The fourth-order valence-corrected chi connectivity index (χ4v) is 3.55. The van der Waals surface area contributed by atoms with Crippen LogP contribution in [0.25, 0.3) is 0 Å². The zero-order valence-electron chi connectivity index (χ0n) is 11.3. The Morgan fingerprint density at radius 3 is 2.58 bits per heavy atom. The molecule has 1 aliphatic heterocycles. The van der Waals surface area contributed by atoms with Gasteiger partial charge in [0.25, 0.3) is 0 Å². The van der Waals surface area contributed by atoms with Crippen LogP contribution in [0.4, 0.5) is 5.95 Å². The summed E-state index contributed by atoms with van der Waals surface area (Å²) in [5.41, 5.74) is 1.50. The first kappa shape index (κ1) is 14.2. The van der Waals surface area contributed by atoms with Crippen LogP contribution < -0.4 is 10.0 Å². The topological polar surface area (TPSA) is 84.0 Å². The molecular formula is C12H20N4O2S. The number of rotatable bonds is 4. The summed E-state index contributed by atoms with van der Waals surface area (Å²) >= 11 is 0. The molecule has 1 atom stereocenters. The van der Waals surface area contributed by atoms with E-state index in [-0.39, 0.29) is 17.7 Å². The van der Waals surface area contributed by atoms with Crippen LogP contribution in [0.1, 0.15) is 30.7 Å². The second-order valence-electron chi connectivity index (χ2n) is 5.00. The van der Waals surface area contributed by atoms with Crippen LogP contribution in [-0.4, -0.2) is 36.7 Å². The van der Waals surface area contributed by atoms with E-state index in [1.54, 1.807) is 6.07 Å². The summed E-state index contributed by atoms with van der Waals surface area (Å²) in [5.74, 6) is 0.233. The lowest BCUT2D eigenvalue weighted by Gasteiger charge is -2.23. The smallest absolute Gasteiger partial charge is 0.236 e. The monoisotopic (exact) mass is 284 g/mol. The van der Waals surface area contributed by atoms with E-state index in [1.807, 2.05) is 13.8 Å². The van der Waals surface area contributed by atoms with Gasteiger partial charge in [0.05, 0.1) is 5.75 Å².